The summed E-state index contributed by atoms with van der Waals surface area (Å²) in [6.45, 7) is 5.91. The summed E-state index contributed by atoms with van der Waals surface area (Å²) in [6.07, 6.45) is 5.41. The van der Waals surface area contributed by atoms with Crippen molar-refractivity contribution in [3.05, 3.63) is 71.8 Å². The number of likely N-dealkylation sites (tertiary alicyclic amines) is 1. The molecule has 0 spiro atoms. The molecule has 1 atom stereocenters. The van der Waals surface area contributed by atoms with Gasteiger partial charge in [-0.2, -0.15) is 0 Å². The third-order valence-electron chi connectivity index (χ3n) is 5.97. The number of benzene rings is 2. The Kier molecular flexibility index (Phi) is 7.22. The number of oxime groups is 1. The number of methoxy groups -OCH3 is 1. The molecule has 1 amide bonds. The van der Waals surface area contributed by atoms with Crippen LogP contribution in [-0.2, 0) is 9.63 Å². The Hall–Kier alpha value is -3.12. The molecule has 168 valence electrons. The molecule has 2 aromatic carbocycles. The van der Waals surface area contributed by atoms with Gasteiger partial charge in [0.15, 0.2) is 0 Å². The average molecular weight is 434 g/mol. The van der Waals surface area contributed by atoms with E-state index in [1.165, 1.54) is 25.9 Å². The zero-order chi connectivity index (χ0) is 22.3. The number of amides is 1. The summed E-state index contributed by atoms with van der Waals surface area (Å²) in [5, 5.41) is 4.23. The zero-order valence-electron chi connectivity index (χ0n) is 18.9. The van der Waals surface area contributed by atoms with Gasteiger partial charge in [0.2, 0.25) is 0 Å². The van der Waals surface area contributed by atoms with Gasteiger partial charge in [-0.25, -0.2) is 0 Å². The second-order valence-electron chi connectivity index (χ2n) is 8.25. The Morgan fingerprint density at radius 1 is 1.09 bits per heavy atom. The predicted octanol–water partition coefficient (Wildman–Crippen LogP) is 4.59. The molecule has 32 heavy (non-hydrogen) atoms. The van der Waals surface area contributed by atoms with Gasteiger partial charge >= 0.3 is 0 Å². The van der Waals surface area contributed by atoms with Crippen LogP contribution < -0.4 is 9.64 Å². The van der Waals surface area contributed by atoms with Gasteiger partial charge in [0, 0.05) is 17.8 Å². The van der Waals surface area contributed by atoms with Gasteiger partial charge in [0.25, 0.3) is 5.91 Å². The molecule has 0 radical (unpaired) electrons. The fraction of sp³-hybridized carbons (Fsp3) is 0.385. The molecule has 2 aliphatic heterocycles. The van der Waals surface area contributed by atoms with Crippen LogP contribution in [-0.4, -0.2) is 49.9 Å². The summed E-state index contributed by atoms with van der Waals surface area (Å²) in [6, 6.07) is 17.5. The van der Waals surface area contributed by atoms with E-state index in [4.69, 9.17) is 9.57 Å². The minimum absolute atomic E-state index is 0.0207. The molecule has 0 bridgehead atoms. The summed E-state index contributed by atoms with van der Waals surface area (Å²) in [5.41, 5.74) is 3.32. The Labute approximate surface area is 190 Å². The number of rotatable bonds is 9. The van der Waals surface area contributed by atoms with Crippen LogP contribution in [0.1, 0.15) is 37.8 Å². The quantitative estimate of drug-likeness (QED) is 0.191. The summed E-state index contributed by atoms with van der Waals surface area (Å²) >= 11 is 0. The van der Waals surface area contributed by atoms with Gasteiger partial charge in [-0.05, 0) is 75.2 Å². The molecule has 2 heterocycles. The van der Waals surface area contributed by atoms with E-state index in [0.717, 1.165) is 30.0 Å². The monoisotopic (exact) mass is 433 g/mol. The summed E-state index contributed by atoms with van der Waals surface area (Å²) in [7, 11) is 1.63. The Morgan fingerprint density at radius 3 is 2.50 bits per heavy atom. The first-order valence-electron chi connectivity index (χ1n) is 11.3. The Morgan fingerprint density at radius 2 is 1.81 bits per heavy atom. The van der Waals surface area contributed by atoms with Gasteiger partial charge in [-0.15, -0.1) is 0 Å². The van der Waals surface area contributed by atoms with Crippen molar-refractivity contribution in [2.75, 3.05) is 38.3 Å². The topological polar surface area (TPSA) is 54.4 Å². The van der Waals surface area contributed by atoms with Gasteiger partial charge in [-0.3, -0.25) is 9.69 Å². The standard InChI is InChI=1S/C26H31N3O3/c1-20(27-32-18-8-17-28-15-6-7-16-28)19-24-25(21-9-4-3-5-10-21)29(26(24)30)22-11-13-23(31-2)14-12-22/h3-5,9-14,19,25H,6-8,15-18H2,1-2H3/b24-19+,27-20+. The van der Waals surface area contributed by atoms with Crippen molar-refractivity contribution in [2.45, 2.75) is 32.2 Å². The molecule has 0 aliphatic carbocycles. The van der Waals surface area contributed by atoms with Crippen LogP contribution in [0.2, 0.25) is 0 Å². The number of nitrogens with zero attached hydrogens (tertiary/aromatic N) is 3. The van der Waals surface area contributed by atoms with Crippen molar-refractivity contribution < 1.29 is 14.4 Å². The normalized spacial score (nSPS) is 20.5. The van der Waals surface area contributed by atoms with E-state index in [-0.39, 0.29) is 11.9 Å². The van der Waals surface area contributed by atoms with Crippen LogP contribution >= 0.6 is 0 Å². The highest BCUT2D eigenvalue weighted by atomic mass is 16.6. The van der Waals surface area contributed by atoms with Gasteiger partial charge in [0.1, 0.15) is 12.4 Å². The van der Waals surface area contributed by atoms with Gasteiger partial charge in [-0.1, -0.05) is 35.5 Å². The number of β-lactam (4-membered cyclic amide) rings is 1. The summed E-state index contributed by atoms with van der Waals surface area (Å²) < 4.78 is 5.25. The molecule has 0 saturated carbocycles. The van der Waals surface area contributed by atoms with Gasteiger partial charge < -0.3 is 14.5 Å². The van der Waals surface area contributed by atoms with Crippen LogP contribution in [0, 0.1) is 0 Å². The summed E-state index contributed by atoms with van der Waals surface area (Å²) in [5.74, 6) is 0.742. The molecule has 1 unspecified atom stereocenters. The number of anilines is 1. The highest BCUT2D eigenvalue weighted by molar-refractivity contribution is 6.18. The number of carbonyl (C=O) groups excluding carboxylic acids is 1. The fourth-order valence-electron chi connectivity index (χ4n) is 4.32. The number of ether oxygens (including phenoxy) is 1. The predicted molar refractivity (Wildman–Crippen MR) is 127 cm³/mol. The van der Waals surface area contributed by atoms with E-state index in [1.807, 2.05) is 72.5 Å². The van der Waals surface area contributed by atoms with Crippen LogP contribution in [0.4, 0.5) is 5.69 Å². The third kappa shape index (κ3) is 5.02. The number of allylic oxidation sites excluding steroid dienone is 1. The minimum Gasteiger partial charge on any atom is -0.497 e. The maximum atomic E-state index is 13.1. The Balaban J connectivity index is 1.45. The summed E-state index contributed by atoms with van der Waals surface area (Å²) in [4.78, 5) is 22.9. The molecule has 2 aromatic rings. The van der Waals surface area contributed by atoms with Crippen LogP contribution in [0.5, 0.6) is 5.75 Å². The number of carbonyl (C=O) groups is 1. The van der Waals surface area contributed by atoms with E-state index in [1.54, 1.807) is 7.11 Å². The molecule has 0 N–H and O–H groups in total. The first-order chi connectivity index (χ1) is 15.7. The van der Waals surface area contributed by atoms with Crippen molar-refractivity contribution in [3.63, 3.8) is 0 Å². The molecular weight excluding hydrogens is 402 g/mol. The third-order valence-corrected chi connectivity index (χ3v) is 5.97. The van der Waals surface area contributed by atoms with E-state index in [9.17, 15) is 4.79 Å². The van der Waals surface area contributed by atoms with Crippen molar-refractivity contribution in [1.29, 1.82) is 0 Å². The van der Waals surface area contributed by atoms with E-state index in [0.29, 0.717) is 17.9 Å². The van der Waals surface area contributed by atoms with E-state index in [2.05, 4.69) is 10.1 Å². The minimum atomic E-state index is -0.155. The maximum Gasteiger partial charge on any atom is 0.257 e. The van der Waals surface area contributed by atoms with Crippen LogP contribution in [0.25, 0.3) is 0 Å². The lowest BCUT2D eigenvalue weighted by Gasteiger charge is -2.43. The lowest BCUT2D eigenvalue weighted by molar-refractivity contribution is -0.119. The Bertz CT molecular complexity index is 964. The van der Waals surface area contributed by atoms with Crippen molar-refractivity contribution in [1.82, 2.24) is 4.90 Å². The van der Waals surface area contributed by atoms with Crippen molar-refractivity contribution >= 4 is 17.3 Å². The lowest BCUT2D eigenvalue weighted by atomic mass is 9.86. The molecule has 6 nitrogen and oxygen atoms in total. The highest BCUT2D eigenvalue weighted by Crippen LogP contribution is 2.43. The largest absolute Gasteiger partial charge is 0.497 e. The van der Waals surface area contributed by atoms with Gasteiger partial charge in [0.05, 0.1) is 18.9 Å². The lowest BCUT2D eigenvalue weighted by Crippen LogP contribution is -2.49. The fourth-order valence-corrected chi connectivity index (χ4v) is 4.32. The number of hydrogen-bond donors (Lipinski definition) is 0. The van der Waals surface area contributed by atoms with Crippen molar-refractivity contribution in [3.8, 4) is 5.75 Å². The van der Waals surface area contributed by atoms with Crippen LogP contribution in [0.15, 0.2) is 71.4 Å². The SMILES string of the molecule is COc1ccc(N2C(=O)/C(=C/C(C)=N/OCCCN3CCCC3)C2c2ccccc2)cc1. The maximum absolute atomic E-state index is 13.1. The zero-order valence-corrected chi connectivity index (χ0v) is 18.9. The molecule has 2 aliphatic rings. The highest BCUT2D eigenvalue weighted by Gasteiger charge is 2.43. The average Bonchev–Trinajstić information content (AvgIpc) is 3.35. The van der Waals surface area contributed by atoms with Crippen molar-refractivity contribution in [2.24, 2.45) is 5.16 Å². The second kappa shape index (κ2) is 10.5. The molecular formula is C26H31N3O3. The molecule has 2 fully saturated rings. The number of hydrogen-bond acceptors (Lipinski definition) is 5. The molecule has 2 saturated heterocycles. The van der Waals surface area contributed by atoms with E-state index < -0.39 is 0 Å². The molecule has 4 rings (SSSR count). The first kappa shape index (κ1) is 22.1. The molecule has 0 aromatic heterocycles. The van der Waals surface area contributed by atoms with E-state index >= 15 is 0 Å². The second-order valence-corrected chi connectivity index (χ2v) is 8.25. The molecule has 6 heteroatoms. The van der Waals surface area contributed by atoms with Crippen LogP contribution in [0.3, 0.4) is 0 Å². The first-order valence-corrected chi connectivity index (χ1v) is 11.3. The smallest absolute Gasteiger partial charge is 0.257 e.